The fourth-order valence-electron chi connectivity index (χ4n) is 2.61. The first-order chi connectivity index (χ1) is 11.2. The van der Waals surface area contributed by atoms with Crippen LogP contribution in [0.15, 0.2) is 34.0 Å². The molecule has 3 rings (SSSR count). The summed E-state index contributed by atoms with van der Waals surface area (Å²) >= 11 is 1.10. The van der Waals surface area contributed by atoms with Gasteiger partial charge >= 0.3 is 0 Å². The lowest BCUT2D eigenvalue weighted by Crippen LogP contribution is -2.42. The number of thiazole rings is 1. The van der Waals surface area contributed by atoms with Gasteiger partial charge < -0.3 is 5.11 Å². The van der Waals surface area contributed by atoms with Gasteiger partial charge in [0.05, 0.1) is 17.8 Å². The van der Waals surface area contributed by atoms with Crippen molar-refractivity contribution in [3.63, 3.8) is 0 Å². The smallest absolute Gasteiger partial charge is 0.291 e. The third-order valence-corrected chi connectivity index (χ3v) is 6.81. The molecule has 0 radical (unpaired) electrons. The van der Waals surface area contributed by atoms with Crippen molar-refractivity contribution in [2.45, 2.75) is 37.1 Å². The van der Waals surface area contributed by atoms with Gasteiger partial charge in [-0.1, -0.05) is 18.2 Å². The lowest BCUT2D eigenvalue weighted by molar-refractivity contribution is 0.0909. The highest BCUT2D eigenvalue weighted by atomic mass is 32.2. The lowest BCUT2D eigenvalue weighted by atomic mass is 10.1. The van der Waals surface area contributed by atoms with Crippen molar-refractivity contribution < 1.29 is 13.5 Å². The molecule has 1 aliphatic carbocycles. The molecule has 0 saturated carbocycles. The largest absolute Gasteiger partial charge is 0.389 e. The molecule has 0 unspecified atom stereocenters. The summed E-state index contributed by atoms with van der Waals surface area (Å²) < 4.78 is 27.4. The Morgan fingerprint density at radius 2 is 2.12 bits per heavy atom. The molecule has 2 aromatic rings. The summed E-state index contributed by atoms with van der Waals surface area (Å²) in [7, 11) is -3.82. The van der Waals surface area contributed by atoms with E-state index >= 15 is 0 Å². The number of aromatic nitrogens is 1. The van der Waals surface area contributed by atoms with Gasteiger partial charge in [0.15, 0.2) is 0 Å². The van der Waals surface area contributed by atoms with E-state index < -0.39 is 15.6 Å². The van der Waals surface area contributed by atoms with Gasteiger partial charge in [-0.15, -0.1) is 11.3 Å². The number of hydrogen-bond acceptors (Lipinski definition) is 5. The molecule has 0 saturated heterocycles. The molecular weight excluding hydrogens is 344 g/mol. The molecular formula is C17H20N2O3S2. The van der Waals surface area contributed by atoms with Crippen molar-refractivity contribution in [3.05, 3.63) is 46.5 Å². The van der Waals surface area contributed by atoms with Crippen LogP contribution in [0.5, 0.6) is 0 Å². The van der Waals surface area contributed by atoms with Gasteiger partial charge in [-0.05, 0) is 50.5 Å². The Labute approximate surface area is 146 Å². The average Bonchev–Trinajstić information content (AvgIpc) is 3.11. The van der Waals surface area contributed by atoms with Gasteiger partial charge in [0.2, 0.25) is 4.34 Å². The third-order valence-electron chi connectivity index (χ3n) is 3.69. The summed E-state index contributed by atoms with van der Waals surface area (Å²) in [4.78, 5) is 4.13. The summed E-state index contributed by atoms with van der Waals surface area (Å²) in [5.41, 5.74) is 2.23. The third kappa shape index (κ3) is 3.38. The van der Waals surface area contributed by atoms with Gasteiger partial charge in [0.25, 0.3) is 10.0 Å². The highest BCUT2D eigenvalue weighted by molar-refractivity contribution is 7.94. The number of aryl methyl sites for hydroxylation is 1. The number of benzene rings is 1. The Hall–Kier alpha value is -1.70. The van der Waals surface area contributed by atoms with Crippen LogP contribution in [0.25, 0.3) is 6.08 Å². The van der Waals surface area contributed by atoms with E-state index in [1.165, 1.54) is 4.31 Å². The van der Waals surface area contributed by atoms with E-state index in [0.717, 1.165) is 28.9 Å². The predicted molar refractivity (Wildman–Crippen MR) is 96.9 cm³/mol. The van der Waals surface area contributed by atoms with Crippen LogP contribution in [-0.4, -0.2) is 30.7 Å². The van der Waals surface area contributed by atoms with Gasteiger partial charge in [0, 0.05) is 11.1 Å². The molecule has 0 atom stereocenters. The van der Waals surface area contributed by atoms with Crippen LogP contribution < -0.4 is 4.31 Å². The molecule has 7 heteroatoms. The second-order valence-corrected chi connectivity index (χ2v) is 9.46. The molecule has 128 valence electrons. The van der Waals surface area contributed by atoms with Gasteiger partial charge in [-0.2, -0.15) is 8.42 Å². The van der Waals surface area contributed by atoms with E-state index in [1.54, 1.807) is 32.2 Å². The molecule has 0 spiro atoms. The lowest BCUT2D eigenvalue weighted by Gasteiger charge is -2.29. The fourth-order valence-corrected chi connectivity index (χ4v) is 5.36. The number of allylic oxidation sites excluding steroid dienone is 1. The van der Waals surface area contributed by atoms with Crippen LogP contribution in [-0.2, 0) is 16.4 Å². The van der Waals surface area contributed by atoms with E-state index in [1.807, 2.05) is 24.3 Å². The number of aliphatic hydroxyl groups is 1. The number of rotatable bonds is 5. The Balaban J connectivity index is 2.07. The van der Waals surface area contributed by atoms with E-state index in [0.29, 0.717) is 11.4 Å². The monoisotopic (exact) mass is 364 g/mol. The summed E-state index contributed by atoms with van der Waals surface area (Å²) in [6, 6.07) is 5.56. The summed E-state index contributed by atoms with van der Waals surface area (Å²) in [6.45, 7) is 4.91. The Morgan fingerprint density at radius 3 is 2.75 bits per heavy atom. The molecule has 1 heterocycles. The Morgan fingerprint density at radius 1 is 1.38 bits per heavy atom. The molecule has 24 heavy (non-hydrogen) atoms. The first kappa shape index (κ1) is 17.1. The van der Waals surface area contributed by atoms with E-state index in [9.17, 15) is 13.5 Å². The van der Waals surface area contributed by atoms with Crippen molar-refractivity contribution in [1.29, 1.82) is 0 Å². The maximum absolute atomic E-state index is 13.1. The maximum atomic E-state index is 13.1. The zero-order valence-electron chi connectivity index (χ0n) is 13.9. The van der Waals surface area contributed by atoms with Gasteiger partial charge in [0.1, 0.15) is 0 Å². The zero-order chi connectivity index (χ0) is 17.5. The van der Waals surface area contributed by atoms with Crippen LogP contribution in [0.4, 0.5) is 5.69 Å². The molecule has 0 fully saturated rings. The number of sulfonamides is 1. The van der Waals surface area contributed by atoms with E-state index in [2.05, 4.69) is 4.98 Å². The molecule has 1 aliphatic rings. The Kier molecular flexibility index (Phi) is 4.27. The van der Waals surface area contributed by atoms with Gasteiger partial charge in [-0.3, -0.25) is 4.31 Å². The number of nitrogens with zero attached hydrogens (tertiary/aromatic N) is 2. The van der Waals surface area contributed by atoms with Crippen molar-refractivity contribution in [2.75, 3.05) is 10.8 Å². The van der Waals surface area contributed by atoms with Crippen LogP contribution in [0.1, 0.15) is 30.7 Å². The highest BCUT2D eigenvalue weighted by Crippen LogP contribution is 2.31. The first-order valence-electron chi connectivity index (χ1n) is 7.63. The van der Waals surface area contributed by atoms with Crippen LogP contribution in [0.2, 0.25) is 0 Å². The molecule has 1 aromatic heterocycles. The zero-order valence-corrected chi connectivity index (χ0v) is 15.5. The number of fused-ring (bicyclic) bond motifs is 1. The average molecular weight is 364 g/mol. The van der Waals surface area contributed by atoms with Gasteiger partial charge in [-0.25, -0.2) is 4.98 Å². The molecule has 0 amide bonds. The topological polar surface area (TPSA) is 70.5 Å². The van der Waals surface area contributed by atoms with Crippen molar-refractivity contribution in [1.82, 2.24) is 4.98 Å². The van der Waals surface area contributed by atoms with Crippen molar-refractivity contribution >= 4 is 33.1 Å². The minimum atomic E-state index is -3.82. The molecule has 5 nitrogen and oxygen atoms in total. The van der Waals surface area contributed by atoms with Crippen molar-refractivity contribution in [3.8, 4) is 0 Å². The predicted octanol–water partition coefficient (Wildman–Crippen LogP) is 2.99. The van der Waals surface area contributed by atoms with Crippen LogP contribution in [0, 0.1) is 6.92 Å². The van der Waals surface area contributed by atoms with E-state index in [4.69, 9.17) is 0 Å². The standard InChI is InChI=1S/C17H20N2O3S2/c1-12-10-23-16(18-12)24(21,22)19(11-17(2,3)20)15-8-7-13-5-4-6-14(13)9-15/h4-5,7-10,20H,6,11H2,1-3H3. The maximum Gasteiger partial charge on any atom is 0.291 e. The molecule has 0 bridgehead atoms. The van der Waals surface area contributed by atoms with Crippen LogP contribution in [0.3, 0.4) is 0 Å². The number of anilines is 1. The SMILES string of the molecule is Cc1csc(S(=O)(=O)N(CC(C)(C)O)c2ccc3c(c2)CC=C3)n1. The minimum Gasteiger partial charge on any atom is -0.389 e. The van der Waals surface area contributed by atoms with Crippen LogP contribution >= 0.6 is 11.3 Å². The molecule has 1 aromatic carbocycles. The first-order valence-corrected chi connectivity index (χ1v) is 9.95. The second kappa shape index (κ2) is 5.98. The summed E-state index contributed by atoms with van der Waals surface area (Å²) in [5.74, 6) is 0. The normalized spacial score (nSPS) is 14.0. The molecule has 0 aliphatic heterocycles. The van der Waals surface area contributed by atoms with Crippen molar-refractivity contribution in [2.24, 2.45) is 0 Å². The Bertz CT molecular complexity index is 893. The molecule has 1 N–H and O–H groups in total. The summed E-state index contributed by atoms with van der Waals surface area (Å²) in [5, 5.41) is 11.9. The van der Waals surface area contributed by atoms with E-state index in [-0.39, 0.29) is 10.9 Å². The summed E-state index contributed by atoms with van der Waals surface area (Å²) in [6.07, 6.45) is 4.86. The second-order valence-electron chi connectivity index (χ2n) is 6.57. The quantitative estimate of drug-likeness (QED) is 0.885. The highest BCUT2D eigenvalue weighted by Gasteiger charge is 2.32. The minimum absolute atomic E-state index is 0.0415. The fraction of sp³-hybridized carbons (Fsp3) is 0.353. The number of hydrogen-bond donors (Lipinski definition) is 1.